The van der Waals surface area contributed by atoms with Gasteiger partial charge in [-0.15, -0.1) is 0 Å². The lowest BCUT2D eigenvalue weighted by molar-refractivity contribution is 0.0749. The van der Waals surface area contributed by atoms with Gasteiger partial charge in [0.2, 0.25) is 5.89 Å². The van der Waals surface area contributed by atoms with Gasteiger partial charge in [-0.1, -0.05) is 41.9 Å². The number of hydrogen-bond acceptors (Lipinski definition) is 5. The van der Waals surface area contributed by atoms with Gasteiger partial charge in [0.1, 0.15) is 0 Å². The summed E-state index contributed by atoms with van der Waals surface area (Å²) in [5.74, 6) is 1.42. The summed E-state index contributed by atoms with van der Waals surface area (Å²) in [4.78, 5) is 6.74. The minimum absolute atomic E-state index is 0.203. The number of nitrogens with zero attached hydrogens (tertiary/aromatic N) is 3. The van der Waals surface area contributed by atoms with Gasteiger partial charge < -0.3 is 9.63 Å². The molecule has 1 N–H and O–H groups in total. The maximum Gasteiger partial charge on any atom is 0.240 e. The maximum atomic E-state index is 9.45. The number of aliphatic hydroxyl groups is 1. The fraction of sp³-hybridized carbons (Fsp3) is 0.529. The molecule has 22 heavy (non-hydrogen) atoms. The number of piperidine rings is 1. The van der Waals surface area contributed by atoms with Gasteiger partial charge in [0, 0.05) is 12.5 Å². The fourth-order valence-electron chi connectivity index (χ4n) is 3.01. The van der Waals surface area contributed by atoms with Crippen molar-refractivity contribution in [3.05, 3.63) is 47.6 Å². The number of aromatic nitrogens is 2. The molecule has 1 saturated heterocycles. The van der Waals surface area contributed by atoms with E-state index in [2.05, 4.69) is 27.2 Å². The monoisotopic (exact) mass is 301 g/mol. The predicted octanol–water partition coefficient (Wildman–Crippen LogP) is 2.20. The topological polar surface area (TPSA) is 62.4 Å². The molecule has 0 radical (unpaired) electrons. The summed E-state index contributed by atoms with van der Waals surface area (Å²) in [6.45, 7) is 1.84. The molecule has 2 heterocycles. The Labute approximate surface area is 131 Å². The van der Waals surface area contributed by atoms with Crippen LogP contribution in [-0.4, -0.2) is 39.3 Å². The zero-order chi connectivity index (χ0) is 15.2. The largest absolute Gasteiger partial charge is 0.395 e. The highest BCUT2D eigenvalue weighted by Crippen LogP contribution is 2.18. The third-order valence-corrected chi connectivity index (χ3v) is 4.29. The van der Waals surface area contributed by atoms with E-state index in [9.17, 15) is 5.11 Å². The predicted molar refractivity (Wildman–Crippen MR) is 83.3 cm³/mol. The van der Waals surface area contributed by atoms with Crippen molar-refractivity contribution >= 4 is 0 Å². The molecular weight excluding hydrogens is 278 g/mol. The molecule has 5 heteroatoms. The average molecular weight is 301 g/mol. The number of rotatable bonds is 6. The zero-order valence-corrected chi connectivity index (χ0v) is 12.8. The molecule has 0 spiro atoms. The smallest absolute Gasteiger partial charge is 0.240 e. The van der Waals surface area contributed by atoms with E-state index in [1.165, 1.54) is 18.4 Å². The van der Waals surface area contributed by atoms with Gasteiger partial charge in [0.15, 0.2) is 5.82 Å². The van der Waals surface area contributed by atoms with E-state index in [4.69, 9.17) is 4.52 Å². The Morgan fingerprint density at radius 3 is 2.86 bits per heavy atom. The number of aliphatic hydroxyl groups excluding tert-OH is 1. The molecule has 0 unspecified atom stereocenters. The van der Waals surface area contributed by atoms with E-state index in [0.717, 1.165) is 31.6 Å². The van der Waals surface area contributed by atoms with E-state index < -0.39 is 0 Å². The van der Waals surface area contributed by atoms with Crippen molar-refractivity contribution < 1.29 is 9.63 Å². The molecule has 118 valence electrons. The van der Waals surface area contributed by atoms with Crippen LogP contribution >= 0.6 is 0 Å². The Hall–Kier alpha value is -1.72. The minimum atomic E-state index is 0.203. The maximum absolute atomic E-state index is 9.45. The number of benzene rings is 1. The van der Waals surface area contributed by atoms with Gasteiger partial charge in [-0.3, -0.25) is 4.90 Å². The lowest BCUT2D eigenvalue weighted by Gasteiger charge is -2.33. The standard InChI is InChI=1S/C17H23N3O2/c21-13-15-8-4-5-11-20(15)12-17-18-16(19-22-17)10-9-14-6-2-1-3-7-14/h1-3,6-7,15,21H,4-5,8-13H2/t15-/m1/s1. The van der Waals surface area contributed by atoms with Gasteiger partial charge in [0.05, 0.1) is 13.2 Å². The van der Waals surface area contributed by atoms with Crippen LogP contribution in [0.2, 0.25) is 0 Å². The summed E-state index contributed by atoms with van der Waals surface area (Å²) in [5.41, 5.74) is 1.28. The van der Waals surface area contributed by atoms with Crippen LogP contribution in [0.1, 0.15) is 36.5 Å². The summed E-state index contributed by atoms with van der Waals surface area (Å²) >= 11 is 0. The van der Waals surface area contributed by atoms with Gasteiger partial charge >= 0.3 is 0 Å². The van der Waals surface area contributed by atoms with E-state index in [-0.39, 0.29) is 12.6 Å². The Bertz CT molecular complexity index is 570. The summed E-state index contributed by atoms with van der Waals surface area (Å²) in [5, 5.41) is 13.5. The summed E-state index contributed by atoms with van der Waals surface area (Å²) in [6, 6.07) is 10.6. The van der Waals surface area contributed by atoms with Crippen LogP contribution in [0.25, 0.3) is 0 Å². The molecule has 3 rings (SSSR count). The number of likely N-dealkylation sites (tertiary alicyclic amines) is 1. The van der Waals surface area contributed by atoms with Crippen LogP contribution in [0.3, 0.4) is 0 Å². The first-order valence-corrected chi connectivity index (χ1v) is 8.05. The molecule has 0 bridgehead atoms. The molecule has 1 fully saturated rings. The Morgan fingerprint density at radius 2 is 2.05 bits per heavy atom. The highest BCUT2D eigenvalue weighted by molar-refractivity contribution is 5.15. The molecule has 0 saturated carbocycles. The highest BCUT2D eigenvalue weighted by Gasteiger charge is 2.23. The lowest BCUT2D eigenvalue weighted by atomic mass is 10.0. The molecule has 0 aliphatic carbocycles. The molecule has 2 aromatic rings. The highest BCUT2D eigenvalue weighted by atomic mass is 16.5. The second kappa shape index (κ2) is 7.51. The van der Waals surface area contributed by atoms with E-state index >= 15 is 0 Å². The van der Waals surface area contributed by atoms with E-state index in [0.29, 0.717) is 12.4 Å². The van der Waals surface area contributed by atoms with Crippen molar-refractivity contribution in [2.24, 2.45) is 0 Å². The van der Waals surface area contributed by atoms with Crippen LogP contribution in [0.5, 0.6) is 0 Å². The molecule has 5 nitrogen and oxygen atoms in total. The van der Waals surface area contributed by atoms with Crippen molar-refractivity contribution in [3.8, 4) is 0 Å². The zero-order valence-electron chi connectivity index (χ0n) is 12.8. The molecular formula is C17H23N3O2. The Morgan fingerprint density at radius 1 is 1.18 bits per heavy atom. The summed E-state index contributed by atoms with van der Waals surface area (Å²) in [7, 11) is 0. The first-order valence-electron chi connectivity index (χ1n) is 8.05. The SMILES string of the molecule is OC[C@H]1CCCCN1Cc1nc(CCc2ccccc2)no1. The average Bonchev–Trinajstić information content (AvgIpc) is 3.02. The molecule has 1 aromatic heterocycles. The van der Waals surface area contributed by atoms with Crippen LogP contribution in [-0.2, 0) is 19.4 Å². The quantitative estimate of drug-likeness (QED) is 0.886. The molecule has 1 aliphatic heterocycles. The van der Waals surface area contributed by atoms with Gasteiger partial charge in [-0.2, -0.15) is 4.98 Å². The minimum Gasteiger partial charge on any atom is -0.395 e. The van der Waals surface area contributed by atoms with Crippen LogP contribution in [0.15, 0.2) is 34.9 Å². The summed E-state index contributed by atoms with van der Waals surface area (Å²) < 4.78 is 5.36. The second-order valence-electron chi connectivity index (χ2n) is 5.89. The normalized spacial score (nSPS) is 19.4. The van der Waals surface area contributed by atoms with Crippen molar-refractivity contribution in [1.82, 2.24) is 15.0 Å². The van der Waals surface area contributed by atoms with Gasteiger partial charge in [-0.25, -0.2) is 0 Å². The van der Waals surface area contributed by atoms with Crippen LogP contribution in [0, 0.1) is 0 Å². The number of hydrogen-bond donors (Lipinski definition) is 1. The first kappa shape index (κ1) is 15.2. The third kappa shape index (κ3) is 3.93. The second-order valence-corrected chi connectivity index (χ2v) is 5.89. The molecule has 1 aromatic carbocycles. The van der Waals surface area contributed by atoms with E-state index in [1.54, 1.807) is 0 Å². The summed E-state index contributed by atoms with van der Waals surface area (Å²) in [6.07, 6.45) is 5.12. The van der Waals surface area contributed by atoms with Crippen LogP contribution < -0.4 is 0 Å². The fourth-order valence-corrected chi connectivity index (χ4v) is 3.01. The Balaban J connectivity index is 1.54. The third-order valence-electron chi connectivity index (χ3n) is 4.29. The van der Waals surface area contributed by atoms with Crippen molar-refractivity contribution in [3.63, 3.8) is 0 Å². The molecule has 0 amide bonds. The van der Waals surface area contributed by atoms with Crippen molar-refractivity contribution in [2.75, 3.05) is 13.2 Å². The lowest BCUT2D eigenvalue weighted by Crippen LogP contribution is -2.41. The van der Waals surface area contributed by atoms with Crippen molar-refractivity contribution in [2.45, 2.75) is 44.7 Å². The van der Waals surface area contributed by atoms with Crippen molar-refractivity contribution in [1.29, 1.82) is 0 Å². The molecule has 1 aliphatic rings. The van der Waals surface area contributed by atoms with E-state index in [1.807, 2.05) is 18.2 Å². The number of aryl methyl sites for hydroxylation is 2. The molecule has 1 atom stereocenters. The van der Waals surface area contributed by atoms with Gasteiger partial charge in [-0.05, 0) is 31.4 Å². The van der Waals surface area contributed by atoms with Crippen LogP contribution in [0.4, 0.5) is 0 Å². The van der Waals surface area contributed by atoms with Gasteiger partial charge in [0.25, 0.3) is 0 Å². The first-order chi connectivity index (χ1) is 10.8. The Kier molecular flexibility index (Phi) is 5.19.